The summed E-state index contributed by atoms with van der Waals surface area (Å²) < 4.78 is 6.31. The fraction of sp³-hybridized carbons (Fsp3) is 0.278. The Kier molecular flexibility index (Phi) is 5.45. The van der Waals surface area contributed by atoms with Gasteiger partial charge in [0.05, 0.1) is 11.4 Å². The summed E-state index contributed by atoms with van der Waals surface area (Å²) in [5, 5.41) is 8.91. The normalized spacial score (nSPS) is 12.0. The molecule has 0 radical (unpaired) electrons. The second kappa shape index (κ2) is 7.94. The van der Waals surface area contributed by atoms with Crippen LogP contribution in [0.15, 0.2) is 57.1 Å². The molecule has 1 atom stereocenters. The van der Waals surface area contributed by atoms with Crippen molar-refractivity contribution in [3.05, 3.63) is 64.0 Å². The second-order valence-corrected chi connectivity index (χ2v) is 6.69. The zero-order valence-corrected chi connectivity index (χ0v) is 14.7. The third-order valence-corrected chi connectivity index (χ3v) is 4.72. The molecule has 1 N–H and O–H groups in total. The van der Waals surface area contributed by atoms with Gasteiger partial charge in [-0.2, -0.15) is 4.68 Å². The van der Waals surface area contributed by atoms with Crippen LogP contribution >= 0.6 is 11.3 Å². The van der Waals surface area contributed by atoms with E-state index in [9.17, 15) is 9.59 Å². The summed E-state index contributed by atoms with van der Waals surface area (Å²) in [6, 6.07) is 13.7. The van der Waals surface area contributed by atoms with Crippen molar-refractivity contribution in [1.82, 2.24) is 15.1 Å². The number of thiophene rings is 1. The lowest BCUT2D eigenvalue weighted by Gasteiger charge is -2.12. The molecule has 0 aliphatic heterocycles. The lowest BCUT2D eigenvalue weighted by molar-refractivity contribution is -0.121. The Bertz CT molecular complexity index is 869. The highest BCUT2D eigenvalue weighted by Gasteiger charge is 2.13. The first-order chi connectivity index (χ1) is 12.1. The zero-order valence-electron chi connectivity index (χ0n) is 13.8. The Morgan fingerprint density at radius 2 is 2.08 bits per heavy atom. The fourth-order valence-corrected chi connectivity index (χ4v) is 3.05. The molecule has 2 heterocycles. The third-order valence-electron chi connectivity index (χ3n) is 3.86. The molecule has 1 amide bonds. The van der Waals surface area contributed by atoms with Gasteiger partial charge >= 0.3 is 5.76 Å². The number of benzene rings is 1. The zero-order chi connectivity index (χ0) is 17.6. The summed E-state index contributed by atoms with van der Waals surface area (Å²) in [5.41, 5.74) is 1.18. The molecule has 6 nitrogen and oxygen atoms in total. The van der Waals surface area contributed by atoms with Crippen molar-refractivity contribution in [1.29, 1.82) is 0 Å². The Balaban J connectivity index is 1.50. The predicted molar refractivity (Wildman–Crippen MR) is 96.6 cm³/mol. The molecule has 0 fully saturated rings. The van der Waals surface area contributed by atoms with E-state index >= 15 is 0 Å². The van der Waals surface area contributed by atoms with Crippen molar-refractivity contribution in [3.63, 3.8) is 0 Å². The van der Waals surface area contributed by atoms with Crippen LogP contribution < -0.4 is 11.1 Å². The van der Waals surface area contributed by atoms with Gasteiger partial charge in [0.2, 0.25) is 5.91 Å². The van der Waals surface area contributed by atoms with E-state index in [0.29, 0.717) is 6.54 Å². The van der Waals surface area contributed by atoms with Gasteiger partial charge in [0, 0.05) is 13.0 Å². The Hall–Kier alpha value is -2.67. The maximum Gasteiger partial charge on any atom is 0.437 e. The van der Waals surface area contributed by atoms with Crippen LogP contribution in [0.5, 0.6) is 0 Å². The van der Waals surface area contributed by atoms with Crippen LogP contribution in [0.2, 0.25) is 0 Å². The van der Waals surface area contributed by atoms with Crippen LogP contribution in [0.4, 0.5) is 0 Å². The van der Waals surface area contributed by atoms with Gasteiger partial charge in [0.15, 0.2) is 0 Å². The standard InChI is InChI=1S/C18H19N3O3S/c1-13(14-6-3-2-4-7-14)12-19-16(22)9-10-21-18(23)24-17(20-21)15-8-5-11-25-15/h2-8,11,13H,9-10,12H2,1H3,(H,19,22)/t13-/m1/s1. The minimum atomic E-state index is -0.547. The van der Waals surface area contributed by atoms with Gasteiger partial charge in [-0.3, -0.25) is 4.79 Å². The number of aryl methyl sites for hydroxylation is 1. The fourth-order valence-electron chi connectivity index (χ4n) is 2.41. The molecule has 0 unspecified atom stereocenters. The summed E-state index contributed by atoms with van der Waals surface area (Å²) in [4.78, 5) is 24.6. The van der Waals surface area contributed by atoms with Crippen molar-refractivity contribution in [2.75, 3.05) is 6.54 Å². The summed E-state index contributed by atoms with van der Waals surface area (Å²) in [6.45, 7) is 2.81. The molecular formula is C18H19N3O3S. The summed E-state index contributed by atoms with van der Waals surface area (Å²) in [6.07, 6.45) is 0.178. The highest BCUT2D eigenvalue weighted by atomic mass is 32.1. The van der Waals surface area contributed by atoms with Gasteiger partial charge < -0.3 is 9.73 Å². The smallest absolute Gasteiger partial charge is 0.387 e. The van der Waals surface area contributed by atoms with Crippen molar-refractivity contribution < 1.29 is 9.21 Å². The largest absolute Gasteiger partial charge is 0.437 e. The topological polar surface area (TPSA) is 77.1 Å². The summed E-state index contributed by atoms with van der Waals surface area (Å²) in [7, 11) is 0. The number of hydrogen-bond donors (Lipinski definition) is 1. The van der Waals surface area contributed by atoms with E-state index in [2.05, 4.69) is 17.3 Å². The van der Waals surface area contributed by atoms with Gasteiger partial charge in [0.1, 0.15) is 0 Å². The Labute approximate surface area is 149 Å². The first kappa shape index (κ1) is 17.2. The number of hydrogen-bond acceptors (Lipinski definition) is 5. The van der Waals surface area contributed by atoms with E-state index in [1.54, 1.807) is 0 Å². The number of nitrogens with zero attached hydrogens (tertiary/aromatic N) is 2. The molecule has 3 aromatic rings. The predicted octanol–water partition coefficient (Wildman–Crippen LogP) is 2.87. The molecule has 25 heavy (non-hydrogen) atoms. The minimum Gasteiger partial charge on any atom is -0.387 e. The molecule has 0 saturated carbocycles. The molecule has 0 aliphatic carbocycles. The highest BCUT2D eigenvalue weighted by Crippen LogP contribution is 2.21. The quantitative estimate of drug-likeness (QED) is 0.705. The van der Waals surface area contributed by atoms with E-state index in [1.165, 1.54) is 21.6 Å². The summed E-state index contributed by atoms with van der Waals surface area (Å²) in [5.74, 6) is -0.146. The highest BCUT2D eigenvalue weighted by molar-refractivity contribution is 7.13. The van der Waals surface area contributed by atoms with Crippen LogP contribution in [0.3, 0.4) is 0 Å². The lowest BCUT2D eigenvalue weighted by Crippen LogP contribution is -2.29. The number of aromatic nitrogens is 2. The van der Waals surface area contributed by atoms with E-state index in [0.717, 1.165) is 4.88 Å². The number of carbonyl (C=O) groups excluding carboxylic acids is 1. The molecule has 2 aromatic heterocycles. The molecule has 0 saturated heterocycles. The van der Waals surface area contributed by atoms with E-state index < -0.39 is 5.76 Å². The van der Waals surface area contributed by atoms with Crippen LogP contribution in [-0.4, -0.2) is 22.2 Å². The minimum absolute atomic E-state index is 0.115. The van der Waals surface area contributed by atoms with Gasteiger partial charge in [-0.1, -0.05) is 43.3 Å². The van der Waals surface area contributed by atoms with Crippen LogP contribution in [0.25, 0.3) is 10.8 Å². The average Bonchev–Trinajstić information content (AvgIpc) is 3.28. The van der Waals surface area contributed by atoms with Crippen LogP contribution in [-0.2, 0) is 11.3 Å². The van der Waals surface area contributed by atoms with Crippen LogP contribution in [0.1, 0.15) is 24.8 Å². The number of carbonyl (C=O) groups is 1. The van der Waals surface area contributed by atoms with Crippen LogP contribution in [0, 0.1) is 0 Å². The maximum absolute atomic E-state index is 12.0. The van der Waals surface area contributed by atoms with Crippen molar-refractivity contribution in [2.45, 2.75) is 25.8 Å². The molecule has 3 rings (SSSR count). The lowest BCUT2D eigenvalue weighted by atomic mass is 10.0. The van der Waals surface area contributed by atoms with Gasteiger partial charge in [-0.15, -0.1) is 16.4 Å². The first-order valence-corrected chi connectivity index (χ1v) is 8.95. The van der Waals surface area contributed by atoms with Crippen molar-refractivity contribution in [2.24, 2.45) is 0 Å². The van der Waals surface area contributed by atoms with Gasteiger partial charge in [-0.05, 0) is 22.9 Å². The molecule has 0 bridgehead atoms. The van der Waals surface area contributed by atoms with Crippen molar-refractivity contribution >= 4 is 17.2 Å². The Morgan fingerprint density at radius 3 is 2.80 bits per heavy atom. The molecular weight excluding hydrogens is 338 g/mol. The van der Waals surface area contributed by atoms with Gasteiger partial charge in [0.25, 0.3) is 5.89 Å². The molecule has 7 heteroatoms. The van der Waals surface area contributed by atoms with Crippen molar-refractivity contribution in [3.8, 4) is 10.8 Å². The summed E-state index contributed by atoms with van der Waals surface area (Å²) >= 11 is 1.44. The molecule has 130 valence electrons. The molecule has 0 spiro atoms. The number of rotatable bonds is 7. The molecule has 1 aromatic carbocycles. The third kappa shape index (κ3) is 4.45. The SMILES string of the molecule is C[C@H](CNC(=O)CCn1nc(-c2cccs2)oc1=O)c1ccccc1. The maximum atomic E-state index is 12.0. The monoisotopic (exact) mass is 357 g/mol. The molecule has 0 aliphatic rings. The second-order valence-electron chi connectivity index (χ2n) is 5.74. The average molecular weight is 357 g/mol. The first-order valence-electron chi connectivity index (χ1n) is 8.07. The van der Waals surface area contributed by atoms with E-state index in [1.807, 2.05) is 47.8 Å². The van der Waals surface area contributed by atoms with Gasteiger partial charge in [-0.25, -0.2) is 4.79 Å². The number of amides is 1. The number of nitrogens with one attached hydrogen (secondary N) is 1. The van der Waals surface area contributed by atoms with E-state index in [4.69, 9.17) is 4.42 Å². The Morgan fingerprint density at radius 1 is 1.28 bits per heavy atom. The van der Waals surface area contributed by atoms with E-state index in [-0.39, 0.29) is 30.7 Å².